The van der Waals surface area contributed by atoms with Gasteiger partial charge in [0, 0.05) is 31.6 Å². The van der Waals surface area contributed by atoms with Crippen molar-refractivity contribution in [1.29, 1.82) is 0 Å². The molecule has 154 valence electrons. The van der Waals surface area contributed by atoms with Gasteiger partial charge in [-0.1, -0.05) is 17.7 Å². The van der Waals surface area contributed by atoms with E-state index in [1.54, 1.807) is 36.5 Å². The maximum atomic E-state index is 12.2. The fourth-order valence-electron chi connectivity index (χ4n) is 2.88. The van der Waals surface area contributed by atoms with Crippen molar-refractivity contribution in [2.45, 2.75) is 17.9 Å². The third-order valence-corrected chi connectivity index (χ3v) is 5.63. The van der Waals surface area contributed by atoms with Crippen molar-refractivity contribution in [2.75, 3.05) is 26.5 Å². The minimum Gasteiger partial charge on any atom is -0.494 e. The van der Waals surface area contributed by atoms with Crippen LogP contribution in [0.4, 0.5) is 0 Å². The summed E-state index contributed by atoms with van der Waals surface area (Å²) in [7, 11) is -1.32. The number of ether oxygens (including phenoxy) is 1. The van der Waals surface area contributed by atoms with Gasteiger partial charge in [0.15, 0.2) is 9.84 Å². The summed E-state index contributed by atoms with van der Waals surface area (Å²) in [5, 5.41) is 0.480. The van der Waals surface area contributed by atoms with Crippen molar-refractivity contribution in [3.63, 3.8) is 0 Å². The third-order valence-electron chi connectivity index (χ3n) is 4.30. The molecule has 9 heteroatoms. The van der Waals surface area contributed by atoms with Crippen LogP contribution < -0.4 is 10.3 Å². The first-order chi connectivity index (χ1) is 13.7. The van der Waals surface area contributed by atoms with Gasteiger partial charge in [0.1, 0.15) is 11.4 Å². The highest BCUT2D eigenvalue weighted by Crippen LogP contribution is 2.17. The Morgan fingerprint density at radius 1 is 1.21 bits per heavy atom. The van der Waals surface area contributed by atoms with Gasteiger partial charge >= 0.3 is 0 Å². The summed E-state index contributed by atoms with van der Waals surface area (Å²) >= 11 is 5.92. The topological polar surface area (TPSA) is 81.0 Å². The maximum absolute atomic E-state index is 12.2. The van der Waals surface area contributed by atoms with E-state index in [1.807, 2.05) is 11.9 Å². The van der Waals surface area contributed by atoms with Gasteiger partial charge in [-0.2, -0.15) is 0 Å². The summed E-state index contributed by atoms with van der Waals surface area (Å²) in [6, 6.07) is 11.4. The zero-order chi connectivity index (χ0) is 21.0. The van der Waals surface area contributed by atoms with Crippen LogP contribution in [0.1, 0.15) is 12.1 Å². The number of halogens is 1. The Hall–Kier alpha value is -2.42. The highest BCUT2D eigenvalue weighted by atomic mass is 35.5. The molecule has 0 radical (unpaired) electrons. The molecule has 0 aliphatic carbocycles. The van der Waals surface area contributed by atoms with Crippen LogP contribution in [0.5, 0.6) is 5.75 Å². The smallest absolute Gasteiger partial charge is 0.258 e. The molecule has 2 heterocycles. The molecule has 0 saturated carbocycles. The molecule has 7 nitrogen and oxygen atoms in total. The summed E-state index contributed by atoms with van der Waals surface area (Å²) in [5.41, 5.74) is 1.07. The lowest BCUT2D eigenvalue weighted by molar-refractivity contribution is 0.257. The van der Waals surface area contributed by atoms with Crippen LogP contribution in [-0.2, 0) is 16.4 Å². The van der Waals surface area contributed by atoms with Gasteiger partial charge in [-0.25, -0.2) is 13.4 Å². The van der Waals surface area contributed by atoms with Crippen molar-refractivity contribution >= 4 is 27.1 Å². The summed E-state index contributed by atoms with van der Waals surface area (Å²) in [6.07, 6.45) is 3.46. The van der Waals surface area contributed by atoms with E-state index < -0.39 is 9.84 Å². The molecule has 0 aliphatic heterocycles. The molecule has 29 heavy (non-hydrogen) atoms. The lowest BCUT2D eigenvalue weighted by atomic mass is 10.3. The van der Waals surface area contributed by atoms with Crippen LogP contribution >= 0.6 is 11.6 Å². The SMILES string of the molecule is CN(CCCOc1cccc(S(C)(=O)=O)c1)Cc1cc(=O)n2cc(Cl)ccc2n1. The van der Waals surface area contributed by atoms with Gasteiger partial charge in [0.25, 0.3) is 5.56 Å². The monoisotopic (exact) mass is 435 g/mol. The van der Waals surface area contributed by atoms with E-state index >= 15 is 0 Å². The van der Waals surface area contributed by atoms with E-state index in [-0.39, 0.29) is 10.5 Å². The van der Waals surface area contributed by atoms with E-state index in [4.69, 9.17) is 16.3 Å². The highest BCUT2D eigenvalue weighted by Gasteiger charge is 2.09. The number of benzene rings is 1. The van der Waals surface area contributed by atoms with Crippen LogP contribution in [0.3, 0.4) is 0 Å². The molecule has 3 aromatic rings. The number of rotatable bonds is 8. The molecule has 3 rings (SSSR count). The maximum Gasteiger partial charge on any atom is 0.258 e. The first kappa shape index (κ1) is 21.3. The second-order valence-corrected chi connectivity index (χ2v) is 9.30. The number of sulfone groups is 1. The highest BCUT2D eigenvalue weighted by molar-refractivity contribution is 7.90. The largest absolute Gasteiger partial charge is 0.494 e. The molecule has 0 unspecified atom stereocenters. The second kappa shape index (κ2) is 8.94. The molecule has 0 aliphatic rings. The fraction of sp³-hybridized carbons (Fsp3) is 0.300. The Morgan fingerprint density at radius 3 is 2.76 bits per heavy atom. The van der Waals surface area contributed by atoms with E-state index in [1.165, 1.54) is 22.8 Å². The Balaban J connectivity index is 1.53. The number of aromatic nitrogens is 2. The number of hydrogen-bond donors (Lipinski definition) is 0. The van der Waals surface area contributed by atoms with Crippen LogP contribution in [0.25, 0.3) is 5.65 Å². The lowest BCUT2D eigenvalue weighted by Gasteiger charge is -2.16. The quantitative estimate of drug-likeness (QED) is 0.506. The van der Waals surface area contributed by atoms with Crippen molar-refractivity contribution < 1.29 is 13.2 Å². The number of hydrogen-bond acceptors (Lipinski definition) is 6. The van der Waals surface area contributed by atoms with E-state index in [0.717, 1.165) is 13.0 Å². The number of fused-ring (bicyclic) bond motifs is 1. The average Bonchev–Trinajstić information content (AvgIpc) is 2.65. The van der Waals surface area contributed by atoms with E-state index in [0.29, 0.717) is 35.3 Å². The zero-order valence-electron chi connectivity index (χ0n) is 16.2. The van der Waals surface area contributed by atoms with E-state index in [2.05, 4.69) is 4.98 Å². The summed E-state index contributed by atoms with van der Waals surface area (Å²) in [4.78, 5) is 19.0. The van der Waals surface area contributed by atoms with Crippen LogP contribution in [-0.4, -0.2) is 49.2 Å². The Morgan fingerprint density at radius 2 is 2.00 bits per heavy atom. The molecule has 0 saturated heterocycles. The zero-order valence-corrected chi connectivity index (χ0v) is 17.8. The van der Waals surface area contributed by atoms with Gasteiger partial charge in [-0.05, 0) is 43.8 Å². The normalized spacial score (nSPS) is 11.9. The first-order valence-corrected chi connectivity index (χ1v) is 11.3. The predicted molar refractivity (Wildman–Crippen MR) is 112 cm³/mol. The van der Waals surface area contributed by atoms with Crippen molar-refractivity contribution in [3.05, 3.63) is 69.7 Å². The summed E-state index contributed by atoms with van der Waals surface area (Å²) in [6.45, 7) is 1.70. The molecular weight excluding hydrogens is 414 g/mol. The van der Waals surface area contributed by atoms with Gasteiger partial charge in [0.05, 0.1) is 22.2 Å². The molecule has 2 aromatic heterocycles. The van der Waals surface area contributed by atoms with Crippen LogP contribution in [0.15, 0.2) is 58.4 Å². The molecule has 0 spiro atoms. The molecule has 1 aromatic carbocycles. The van der Waals surface area contributed by atoms with Gasteiger partial charge < -0.3 is 9.64 Å². The van der Waals surface area contributed by atoms with Gasteiger partial charge in [-0.15, -0.1) is 0 Å². The number of nitrogens with zero attached hydrogens (tertiary/aromatic N) is 3. The number of pyridine rings is 1. The minimum atomic E-state index is -3.26. The Bertz CT molecular complexity index is 1180. The molecule has 0 bridgehead atoms. The fourth-order valence-corrected chi connectivity index (χ4v) is 3.70. The van der Waals surface area contributed by atoms with Crippen molar-refractivity contribution in [1.82, 2.24) is 14.3 Å². The molecule has 0 atom stereocenters. The van der Waals surface area contributed by atoms with Crippen molar-refractivity contribution in [2.24, 2.45) is 0 Å². The summed E-state index contributed by atoms with van der Waals surface area (Å²) in [5.74, 6) is 0.526. The van der Waals surface area contributed by atoms with Gasteiger partial charge in [0.2, 0.25) is 0 Å². The lowest BCUT2D eigenvalue weighted by Crippen LogP contribution is -2.23. The average molecular weight is 436 g/mol. The standard InChI is InChI=1S/C20H22ClN3O4S/c1-23(9-4-10-28-17-5-3-6-18(12-17)29(2,26)27)14-16-11-20(25)24-13-15(21)7-8-19(24)22-16/h3,5-8,11-13H,4,9-10,14H2,1-2H3. The third kappa shape index (κ3) is 5.79. The van der Waals surface area contributed by atoms with Gasteiger partial charge in [-0.3, -0.25) is 9.20 Å². The van der Waals surface area contributed by atoms with Crippen LogP contribution in [0.2, 0.25) is 5.02 Å². The minimum absolute atomic E-state index is 0.171. The molecule has 0 N–H and O–H groups in total. The predicted octanol–water partition coefficient (Wildman–Crippen LogP) is 2.65. The van der Waals surface area contributed by atoms with Crippen molar-refractivity contribution in [3.8, 4) is 5.75 Å². The van der Waals surface area contributed by atoms with Crippen LogP contribution in [0, 0.1) is 0 Å². The second-order valence-electron chi connectivity index (χ2n) is 6.85. The summed E-state index contributed by atoms with van der Waals surface area (Å²) < 4.78 is 30.3. The van der Waals surface area contributed by atoms with E-state index in [9.17, 15) is 13.2 Å². The first-order valence-electron chi connectivity index (χ1n) is 9.02. The molecule has 0 fully saturated rings. The molecule has 0 amide bonds. The molecular formula is C20H22ClN3O4S. The Kier molecular flexibility index (Phi) is 6.56. The Labute approximate surface area is 174 Å².